The zero-order chi connectivity index (χ0) is 15.6. The van der Waals surface area contributed by atoms with Gasteiger partial charge in [0.1, 0.15) is 11.5 Å². The van der Waals surface area contributed by atoms with Crippen molar-refractivity contribution in [1.29, 1.82) is 0 Å². The Bertz CT molecular complexity index is 742. The topological polar surface area (TPSA) is 66.4 Å². The fourth-order valence-corrected chi connectivity index (χ4v) is 3.14. The van der Waals surface area contributed by atoms with Crippen LogP contribution in [-0.4, -0.2) is 13.5 Å². The van der Waals surface area contributed by atoms with Gasteiger partial charge in [-0.2, -0.15) is 0 Å². The maximum absolute atomic E-state index is 13.7. The molecule has 0 aromatic heterocycles. The van der Waals surface area contributed by atoms with Gasteiger partial charge in [-0.15, -0.1) is 0 Å². The van der Waals surface area contributed by atoms with Crippen molar-refractivity contribution in [2.24, 2.45) is 0 Å². The summed E-state index contributed by atoms with van der Waals surface area (Å²) < 4.78 is 40.3. The smallest absolute Gasteiger partial charge is 0.262 e. The predicted molar refractivity (Wildman–Crippen MR) is 79.3 cm³/mol. The lowest BCUT2D eigenvalue weighted by atomic mass is 10.1. The second-order valence-electron chi connectivity index (χ2n) is 4.45. The highest BCUT2D eigenvalue weighted by atomic mass is 35.5. The van der Waals surface area contributed by atoms with Crippen molar-refractivity contribution < 1.29 is 17.9 Å². The molecular weight excluding hydrogens is 317 g/mol. The third kappa shape index (κ3) is 3.53. The number of nitrogens with one attached hydrogen (secondary N) is 1. The van der Waals surface area contributed by atoms with Crippen LogP contribution in [0.1, 0.15) is 18.6 Å². The monoisotopic (exact) mass is 329 g/mol. The van der Waals surface area contributed by atoms with Gasteiger partial charge in [-0.3, -0.25) is 4.72 Å². The van der Waals surface area contributed by atoms with Crippen LogP contribution in [0.25, 0.3) is 0 Å². The predicted octanol–water partition coefficient (Wildman–Crippen LogP) is 3.33. The van der Waals surface area contributed by atoms with E-state index in [2.05, 4.69) is 4.72 Å². The summed E-state index contributed by atoms with van der Waals surface area (Å²) in [5, 5.41) is 9.46. The number of aliphatic hydroxyl groups excluding tert-OH is 1. The number of halogens is 2. The van der Waals surface area contributed by atoms with Gasteiger partial charge in [0.2, 0.25) is 0 Å². The normalized spacial score (nSPS) is 13.0. The van der Waals surface area contributed by atoms with Crippen LogP contribution in [0.4, 0.5) is 10.1 Å². The molecule has 0 radical (unpaired) electrons. The average molecular weight is 330 g/mol. The fourth-order valence-electron chi connectivity index (χ4n) is 1.73. The number of aliphatic hydroxyl groups is 1. The number of sulfonamides is 1. The van der Waals surface area contributed by atoms with Crippen molar-refractivity contribution in [2.45, 2.75) is 17.9 Å². The van der Waals surface area contributed by atoms with E-state index < -0.39 is 21.9 Å². The van der Waals surface area contributed by atoms with Crippen molar-refractivity contribution in [1.82, 2.24) is 0 Å². The highest BCUT2D eigenvalue weighted by Gasteiger charge is 2.19. The van der Waals surface area contributed by atoms with Crippen molar-refractivity contribution >= 4 is 27.3 Å². The zero-order valence-corrected chi connectivity index (χ0v) is 12.6. The van der Waals surface area contributed by atoms with Gasteiger partial charge in [-0.05, 0) is 36.8 Å². The number of anilines is 1. The number of benzene rings is 2. The lowest BCUT2D eigenvalue weighted by Crippen LogP contribution is -2.14. The van der Waals surface area contributed by atoms with Crippen molar-refractivity contribution in [2.75, 3.05) is 4.72 Å². The van der Waals surface area contributed by atoms with Gasteiger partial charge in [0.15, 0.2) is 0 Å². The molecule has 2 N–H and O–H groups in total. The molecular formula is C14H13ClFNO3S. The van der Waals surface area contributed by atoms with Gasteiger partial charge in [-0.25, -0.2) is 12.8 Å². The average Bonchev–Trinajstić information content (AvgIpc) is 2.43. The largest absolute Gasteiger partial charge is 0.389 e. The van der Waals surface area contributed by atoms with Gasteiger partial charge >= 0.3 is 0 Å². The van der Waals surface area contributed by atoms with Crippen LogP contribution in [0, 0.1) is 5.82 Å². The van der Waals surface area contributed by atoms with Crippen LogP contribution in [-0.2, 0) is 10.0 Å². The van der Waals surface area contributed by atoms with E-state index in [4.69, 9.17) is 11.6 Å². The summed E-state index contributed by atoms with van der Waals surface area (Å²) >= 11 is 5.80. The Morgan fingerprint density at radius 1 is 1.24 bits per heavy atom. The summed E-state index contributed by atoms with van der Waals surface area (Å²) in [6, 6.07) is 9.64. The minimum absolute atomic E-state index is 0.0368. The first-order valence-electron chi connectivity index (χ1n) is 6.06. The molecule has 0 saturated carbocycles. The van der Waals surface area contributed by atoms with Gasteiger partial charge in [0.25, 0.3) is 10.0 Å². The number of hydrogen-bond acceptors (Lipinski definition) is 3. The van der Waals surface area contributed by atoms with Crippen molar-refractivity contribution in [3.63, 3.8) is 0 Å². The lowest BCUT2D eigenvalue weighted by Gasteiger charge is -2.12. The molecule has 7 heteroatoms. The summed E-state index contributed by atoms with van der Waals surface area (Å²) in [6.45, 7) is 1.52. The Hall–Kier alpha value is -1.63. The van der Waals surface area contributed by atoms with Crippen LogP contribution in [0.2, 0.25) is 5.02 Å². The second-order valence-corrected chi connectivity index (χ2v) is 6.54. The molecule has 4 nitrogen and oxygen atoms in total. The molecule has 0 fully saturated rings. The minimum Gasteiger partial charge on any atom is -0.389 e. The van der Waals surface area contributed by atoms with Crippen LogP contribution in [0.15, 0.2) is 47.4 Å². The molecule has 0 bridgehead atoms. The van der Waals surface area contributed by atoms with E-state index in [9.17, 15) is 17.9 Å². The van der Waals surface area contributed by atoms with E-state index >= 15 is 0 Å². The first kappa shape index (κ1) is 15.8. The molecule has 0 saturated heterocycles. The zero-order valence-electron chi connectivity index (χ0n) is 11.0. The summed E-state index contributed by atoms with van der Waals surface area (Å²) in [5.74, 6) is -0.766. The van der Waals surface area contributed by atoms with E-state index in [-0.39, 0.29) is 15.6 Å². The molecule has 1 atom stereocenters. The van der Waals surface area contributed by atoms with Crippen molar-refractivity contribution in [3.05, 3.63) is 58.9 Å². The molecule has 0 aliphatic rings. The number of hydrogen-bond donors (Lipinski definition) is 2. The maximum atomic E-state index is 13.7. The first-order valence-corrected chi connectivity index (χ1v) is 7.92. The third-order valence-corrected chi connectivity index (χ3v) is 4.51. The molecule has 2 aromatic rings. The Labute approximate surface area is 127 Å². The highest BCUT2D eigenvalue weighted by Crippen LogP contribution is 2.27. The Morgan fingerprint density at radius 3 is 2.52 bits per heavy atom. The first-order chi connectivity index (χ1) is 9.81. The third-order valence-electron chi connectivity index (χ3n) is 2.85. The summed E-state index contributed by atoms with van der Waals surface area (Å²) in [6.07, 6.45) is -0.808. The van der Waals surface area contributed by atoms with Crippen LogP contribution in [0.5, 0.6) is 0 Å². The maximum Gasteiger partial charge on any atom is 0.262 e. The standard InChI is InChI=1S/C14H13ClFNO3S/c1-9(18)10-4-2-5-11(8-10)21(19,20)17-14-12(15)6-3-7-13(14)16/h2-9,17-18H,1H3. The Morgan fingerprint density at radius 2 is 1.90 bits per heavy atom. The van der Waals surface area contributed by atoms with Crippen LogP contribution in [0.3, 0.4) is 0 Å². The molecule has 0 amide bonds. The molecule has 1 unspecified atom stereocenters. The van der Waals surface area contributed by atoms with Gasteiger partial charge < -0.3 is 5.11 Å². The van der Waals surface area contributed by atoms with Crippen molar-refractivity contribution in [3.8, 4) is 0 Å². The Kier molecular flexibility index (Phi) is 4.51. The van der Waals surface area contributed by atoms with Gasteiger partial charge in [-0.1, -0.05) is 29.8 Å². The second kappa shape index (κ2) is 6.01. The quantitative estimate of drug-likeness (QED) is 0.904. The highest BCUT2D eigenvalue weighted by molar-refractivity contribution is 7.92. The van der Waals surface area contributed by atoms with Gasteiger partial charge in [0.05, 0.1) is 16.0 Å². The van der Waals surface area contributed by atoms with E-state index in [1.165, 1.54) is 37.3 Å². The summed E-state index contributed by atoms with van der Waals surface area (Å²) in [4.78, 5) is -0.0831. The van der Waals surface area contributed by atoms with E-state index in [1.54, 1.807) is 6.07 Å². The Balaban J connectivity index is 2.41. The molecule has 21 heavy (non-hydrogen) atoms. The SMILES string of the molecule is CC(O)c1cccc(S(=O)(=O)Nc2c(F)cccc2Cl)c1. The fraction of sp³-hybridized carbons (Fsp3) is 0.143. The molecule has 2 rings (SSSR count). The van der Waals surface area contributed by atoms with E-state index in [0.717, 1.165) is 6.07 Å². The van der Waals surface area contributed by atoms with Crippen LogP contribution < -0.4 is 4.72 Å². The molecule has 0 aliphatic carbocycles. The molecule has 112 valence electrons. The molecule has 0 spiro atoms. The van der Waals surface area contributed by atoms with Gasteiger partial charge in [0, 0.05) is 0 Å². The molecule has 0 heterocycles. The molecule has 2 aromatic carbocycles. The number of rotatable bonds is 4. The number of para-hydroxylation sites is 1. The summed E-state index contributed by atoms with van der Waals surface area (Å²) in [7, 11) is -4.00. The van der Waals surface area contributed by atoms with E-state index in [0.29, 0.717) is 5.56 Å². The van der Waals surface area contributed by atoms with E-state index in [1.807, 2.05) is 0 Å². The lowest BCUT2D eigenvalue weighted by molar-refractivity contribution is 0.199. The summed E-state index contributed by atoms with van der Waals surface area (Å²) in [5.41, 5.74) is 0.138. The van der Waals surface area contributed by atoms with Crippen LogP contribution >= 0.6 is 11.6 Å². The molecule has 0 aliphatic heterocycles. The minimum atomic E-state index is -4.00.